The first-order valence-corrected chi connectivity index (χ1v) is 9.35. The minimum Gasteiger partial charge on any atom is -0.508 e. The van der Waals surface area contributed by atoms with E-state index in [0.717, 1.165) is 42.0 Å². The van der Waals surface area contributed by atoms with Crippen molar-refractivity contribution in [2.45, 2.75) is 19.0 Å². The number of aromatic amines is 1. The Morgan fingerprint density at radius 3 is 3.12 bits per heavy atom. The van der Waals surface area contributed by atoms with Gasteiger partial charge in [0.15, 0.2) is 0 Å². The molecule has 1 aliphatic rings. The van der Waals surface area contributed by atoms with Gasteiger partial charge in [0.1, 0.15) is 12.4 Å². The summed E-state index contributed by atoms with van der Waals surface area (Å²) < 4.78 is 0. The second-order valence-corrected chi connectivity index (χ2v) is 7.24. The molecule has 5 nitrogen and oxygen atoms in total. The van der Waals surface area contributed by atoms with Crippen molar-refractivity contribution in [3.8, 4) is 17.6 Å². The number of phenols is 1. The molecule has 4 rings (SSSR count). The second-order valence-electron chi connectivity index (χ2n) is 6.25. The van der Waals surface area contributed by atoms with Gasteiger partial charge in [0.05, 0.1) is 18.1 Å². The highest BCUT2D eigenvalue weighted by molar-refractivity contribution is 7.10. The number of fused-ring (bicyclic) bond motifs is 1. The molecule has 0 fully saturated rings. The van der Waals surface area contributed by atoms with Crippen molar-refractivity contribution in [3.05, 3.63) is 69.4 Å². The summed E-state index contributed by atoms with van der Waals surface area (Å²) in [6.45, 7) is 1.57. The van der Waals surface area contributed by atoms with E-state index in [1.165, 1.54) is 4.88 Å². The molecule has 0 saturated heterocycles. The lowest BCUT2D eigenvalue weighted by Gasteiger charge is -2.35. The van der Waals surface area contributed by atoms with Gasteiger partial charge in [0.25, 0.3) is 0 Å². The molecule has 0 spiro atoms. The smallest absolute Gasteiger partial charge is 0.115 e. The quantitative estimate of drug-likeness (QED) is 0.624. The minimum absolute atomic E-state index is 0.00572. The molecule has 1 unspecified atom stereocenters. The third-order valence-corrected chi connectivity index (χ3v) is 5.46. The minimum atomic E-state index is -0.126. The number of aliphatic hydroxyl groups is 1. The van der Waals surface area contributed by atoms with Crippen LogP contribution in [0.1, 0.15) is 33.4 Å². The van der Waals surface area contributed by atoms with Crippen LogP contribution in [0.2, 0.25) is 0 Å². The number of aliphatic hydroxyl groups excluding tert-OH is 1. The summed E-state index contributed by atoms with van der Waals surface area (Å²) in [7, 11) is 0. The number of nitrogens with one attached hydrogen (secondary N) is 1. The third kappa shape index (κ3) is 3.37. The largest absolute Gasteiger partial charge is 0.508 e. The molecule has 0 amide bonds. The van der Waals surface area contributed by atoms with Gasteiger partial charge in [0, 0.05) is 41.0 Å². The van der Waals surface area contributed by atoms with Gasteiger partial charge >= 0.3 is 0 Å². The van der Waals surface area contributed by atoms with E-state index in [9.17, 15) is 5.11 Å². The topological polar surface area (TPSA) is 72.4 Å². The van der Waals surface area contributed by atoms with Gasteiger partial charge in [-0.1, -0.05) is 24.0 Å². The molecular weight excluding hydrogens is 346 g/mol. The van der Waals surface area contributed by atoms with Crippen molar-refractivity contribution in [1.29, 1.82) is 0 Å². The number of H-pyrrole nitrogens is 1. The van der Waals surface area contributed by atoms with E-state index in [1.54, 1.807) is 23.7 Å². The maximum absolute atomic E-state index is 9.92. The van der Waals surface area contributed by atoms with Gasteiger partial charge in [-0.15, -0.1) is 11.3 Å². The zero-order valence-electron chi connectivity index (χ0n) is 14.1. The molecule has 132 valence electrons. The Kier molecular flexibility index (Phi) is 4.76. The monoisotopic (exact) mass is 365 g/mol. The number of rotatable bonds is 3. The Morgan fingerprint density at radius 2 is 2.27 bits per heavy atom. The highest BCUT2D eigenvalue weighted by atomic mass is 32.1. The zero-order chi connectivity index (χ0) is 17.9. The fraction of sp³-hybridized carbons (Fsp3) is 0.250. The Labute approximate surface area is 156 Å². The Morgan fingerprint density at radius 1 is 1.35 bits per heavy atom. The molecule has 1 aromatic carbocycles. The molecule has 3 N–H and O–H groups in total. The number of aromatic nitrogens is 2. The van der Waals surface area contributed by atoms with Crippen molar-refractivity contribution in [2.24, 2.45) is 0 Å². The molecule has 1 aliphatic heterocycles. The van der Waals surface area contributed by atoms with Crippen molar-refractivity contribution >= 4 is 11.3 Å². The predicted molar refractivity (Wildman–Crippen MR) is 101 cm³/mol. The van der Waals surface area contributed by atoms with Crippen LogP contribution in [0.3, 0.4) is 0 Å². The van der Waals surface area contributed by atoms with Crippen LogP contribution in [0.5, 0.6) is 5.75 Å². The number of hydrogen-bond donors (Lipinski definition) is 3. The van der Waals surface area contributed by atoms with Crippen molar-refractivity contribution in [3.63, 3.8) is 0 Å². The lowest BCUT2D eigenvalue weighted by atomic mass is 9.95. The van der Waals surface area contributed by atoms with Crippen LogP contribution in [0.15, 0.2) is 42.0 Å². The van der Waals surface area contributed by atoms with Crippen LogP contribution in [0.4, 0.5) is 0 Å². The predicted octanol–water partition coefficient (Wildman–Crippen LogP) is 2.67. The molecule has 0 radical (unpaired) electrons. The molecule has 26 heavy (non-hydrogen) atoms. The highest BCUT2D eigenvalue weighted by Gasteiger charge is 2.31. The first kappa shape index (κ1) is 16.9. The molecule has 3 heterocycles. The van der Waals surface area contributed by atoms with Crippen LogP contribution < -0.4 is 0 Å². The number of aromatic hydroxyl groups is 1. The van der Waals surface area contributed by atoms with Crippen molar-refractivity contribution in [2.75, 3.05) is 13.2 Å². The van der Waals surface area contributed by atoms with E-state index < -0.39 is 0 Å². The van der Waals surface area contributed by atoms with Crippen LogP contribution in [0, 0.1) is 11.8 Å². The molecule has 3 aromatic rings. The van der Waals surface area contributed by atoms with Gasteiger partial charge in [-0.25, -0.2) is 4.98 Å². The van der Waals surface area contributed by atoms with Crippen LogP contribution >= 0.6 is 11.3 Å². The standard InChI is InChI=1S/C20H19N3O2S/c24-8-2-3-14-9-17(26-12-14)11-23-7-6-18-19(22-13-21-18)20(23)15-4-1-5-16(25)10-15/h1,4-5,9-10,12-13,20,24-25H,6-8,11H2,(H,21,22). The van der Waals surface area contributed by atoms with Gasteiger partial charge in [0.2, 0.25) is 0 Å². The van der Waals surface area contributed by atoms with E-state index in [1.807, 2.05) is 23.6 Å². The molecule has 0 aliphatic carbocycles. The third-order valence-electron chi connectivity index (χ3n) is 4.54. The van der Waals surface area contributed by atoms with Gasteiger partial charge in [-0.05, 0) is 23.8 Å². The van der Waals surface area contributed by atoms with Gasteiger partial charge in [-0.2, -0.15) is 0 Å². The maximum Gasteiger partial charge on any atom is 0.115 e. The number of thiophene rings is 1. The van der Waals surface area contributed by atoms with E-state index in [-0.39, 0.29) is 18.4 Å². The number of phenolic OH excluding ortho intramolecular Hbond substituents is 1. The molecular formula is C20H19N3O2S. The summed E-state index contributed by atoms with van der Waals surface area (Å²) in [5.41, 5.74) is 4.16. The summed E-state index contributed by atoms with van der Waals surface area (Å²) in [5, 5.41) is 20.8. The average Bonchev–Trinajstić information content (AvgIpc) is 3.29. The number of benzene rings is 1. The molecule has 0 saturated carbocycles. The van der Waals surface area contributed by atoms with Crippen LogP contribution in [-0.4, -0.2) is 38.2 Å². The lowest BCUT2D eigenvalue weighted by molar-refractivity contribution is 0.202. The molecule has 6 heteroatoms. The van der Waals surface area contributed by atoms with E-state index in [4.69, 9.17) is 5.11 Å². The number of imidazole rings is 1. The number of hydrogen-bond acceptors (Lipinski definition) is 5. The molecule has 0 bridgehead atoms. The van der Waals surface area contributed by atoms with E-state index >= 15 is 0 Å². The maximum atomic E-state index is 9.92. The van der Waals surface area contributed by atoms with Crippen molar-refractivity contribution < 1.29 is 10.2 Å². The average molecular weight is 365 g/mol. The van der Waals surface area contributed by atoms with Crippen LogP contribution in [0.25, 0.3) is 0 Å². The number of nitrogens with zero attached hydrogens (tertiary/aromatic N) is 2. The van der Waals surface area contributed by atoms with E-state index in [0.29, 0.717) is 0 Å². The summed E-state index contributed by atoms with van der Waals surface area (Å²) in [5.74, 6) is 5.91. The van der Waals surface area contributed by atoms with Gasteiger partial charge < -0.3 is 15.2 Å². The molecule has 1 atom stereocenters. The Balaban J connectivity index is 1.65. The first-order chi connectivity index (χ1) is 12.7. The first-order valence-electron chi connectivity index (χ1n) is 8.47. The fourth-order valence-corrected chi connectivity index (χ4v) is 4.27. The lowest BCUT2D eigenvalue weighted by Crippen LogP contribution is -2.35. The second kappa shape index (κ2) is 7.34. The summed E-state index contributed by atoms with van der Waals surface area (Å²) in [6, 6.07) is 9.49. The fourth-order valence-electron chi connectivity index (χ4n) is 3.43. The van der Waals surface area contributed by atoms with Gasteiger partial charge in [-0.3, -0.25) is 4.90 Å². The summed E-state index contributed by atoms with van der Waals surface area (Å²) >= 11 is 1.67. The molecule has 2 aromatic heterocycles. The SMILES string of the molecule is OCC#Cc1csc(CN2CCc3[nH]cnc3C2c2cccc(O)c2)c1. The highest BCUT2D eigenvalue weighted by Crippen LogP contribution is 2.36. The zero-order valence-corrected chi connectivity index (χ0v) is 15.0. The summed E-state index contributed by atoms with van der Waals surface area (Å²) in [6.07, 6.45) is 2.67. The van der Waals surface area contributed by atoms with Crippen molar-refractivity contribution in [1.82, 2.24) is 14.9 Å². The Bertz CT molecular complexity index is 967. The normalized spacial score (nSPS) is 16.7. The van der Waals surface area contributed by atoms with E-state index in [2.05, 4.69) is 32.8 Å². The summed E-state index contributed by atoms with van der Waals surface area (Å²) in [4.78, 5) is 11.4. The van der Waals surface area contributed by atoms with Crippen LogP contribution in [-0.2, 0) is 13.0 Å². The Hall–Kier alpha value is -2.59.